The zero-order chi connectivity index (χ0) is 11.1. The van der Waals surface area contributed by atoms with E-state index in [-0.39, 0.29) is 6.04 Å². The molecule has 0 spiro atoms. The highest BCUT2D eigenvalue weighted by Gasteiger charge is 2.22. The second-order valence-corrected chi connectivity index (χ2v) is 4.15. The van der Waals surface area contributed by atoms with Crippen LogP contribution in [0.3, 0.4) is 0 Å². The maximum atomic E-state index is 10.4. The van der Waals surface area contributed by atoms with Gasteiger partial charge in [0.2, 0.25) is 0 Å². The monoisotopic (exact) mass is 215 g/mol. The molecule has 4 heteroatoms. The number of ether oxygens (including phenoxy) is 1. The number of amides is 1. The van der Waals surface area contributed by atoms with Gasteiger partial charge in [-0.1, -0.05) is 13.3 Å². The average molecular weight is 215 g/mol. The van der Waals surface area contributed by atoms with Gasteiger partial charge in [0.15, 0.2) is 0 Å². The van der Waals surface area contributed by atoms with Gasteiger partial charge in [0.25, 0.3) is 0 Å². The third-order valence-corrected chi connectivity index (χ3v) is 2.85. The molecule has 0 aliphatic heterocycles. The standard InChI is InChI=1S/C11H21NO3/c1-2-3-8-15-10-6-4-9(5-7-10)12-11(13)14/h9-10,12H,2-8H2,1H3,(H,13,14)/t9-,10-. The largest absolute Gasteiger partial charge is 0.465 e. The fourth-order valence-electron chi connectivity index (χ4n) is 1.94. The van der Waals surface area contributed by atoms with Crippen LogP contribution >= 0.6 is 0 Å². The third kappa shape index (κ3) is 5.02. The van der Waals surface area contributed by atoms with Crippen molar-refractivity contribution >= 4 is 6.09 Å². The molecule has 88 valence electrons. The molecule has 0 aromatic rings. The van der Waals surface area contributed by atoms with Gasteiger partial charge < -0.3 is 15.2 Å². The number of hydrogen-bond acceptors (Lipinski definition) is 2. The van der Waals surface area contributed by atoms with E-state index in [1.807, 2.05) is 0 Å². The minimum absolute atomic E-state index is 0.133. The highest BCUT2D eigenvalue weighted by molar-refractivity contribution is 5.64. The molecule has 0 aromatic carbocycles. The van der Waals surface area contributed by atoms with Gasteiger partial charge in [-0.3, -0.25) is 0 Å². The lowest BCUT2D eigenvalue weighted by Crippen LogP contribution is -2.38. The first kappa shape index (κ1) is 12.3. The van der Waals surface area contributed by atoms with Crippen molar-refractivity contribution in [3.8, 4) is 0 Å². The number of carboxylic acid groups (broad SMARTS) is 1. The van der Waals surface area contributed by atoms with Gasteiger partial charge >= 0.3 is 6.09 Å². The molecule has 0 radical (unpaired) electrons. The Balaban J connectivity index is 2.10. The minimum atomic E-state index is -0.912. The van der Waals surface area contributed by atoms with E-state index in [2.05, 4.69) is 12.2 Å². The molecule has 1 aliphatic rings. The van der Waals surface area contributed by atoms with Gasteiger partial charge in [0, 0.05) is 12.6 Å². The summed E-state index contributed by atoms with van der Waals surface area (Å²) in [5, 5.41) is 11.1. The minimum Gasteiger partial charge on any atom is -0.465 e. The van der Waals surface area contributed by atoms with Crippen molar-refractivity contribution < 1.29 is 14.6 Å². The van der Waals surface area contributed by atoms with Gasteiger partial charge in [-0.05, 0) is 32.1 Å². The van der Waals surface area contributed by atoms with E-state index in [1.165, 1.54) is 0 Å². The van der Waals surface area contributed by atoms with Crippen LogP contribution in [0.1, 0.15) is 45.4 Å². The lowest BCUT2D eigenvalue weighted by Gasteiger charge is -2.28. The molecule has 1 amide bonds. The lowest BCUT2D eigenvalue weighted by atomic mass is 9.93. The van der Waals surface area contributed by atoms with Crippen LogP contribution in [0.5, 0.6) is 0 Å². The molecule has 0 unspecified atom stereocenters. The Labute approximate surface area is 91.0 Å². The van der Waals surface area contributed by atoms with Crippen LogP contribution in [-0.4, -0.2) is 30.0 Å². The van der Waals surface area contributed by atoms with E-state index < -0.39 is 6.09 Å². The van der Waals surface area contributed by atoms with E-state index in [0.717, 1.165) is 45.1 Å². The van der Waals surface area contributed by atoms with Crippen molar-refractivity contribution in [2.75, 3.05) is 6.61 Å². The van der Waals surface area contributed by atoms with Crippen molar-refractivity contribution in [3.05, 3.63) is 0 Å². The second-order valence-electron chi connectivity index (χ2n) is 4.15. The van der Waals surface area contributed by atoms with E-state index >= 15 is 0 Å². The van der Waals surface area contributed by atoms with Crippen LogP contribution in [0.15, 0.2) is 0 Å². The molecular weight excluding hydrogens is 194 g/mol. The summed E-state index contributed by atoms with van der Waals surface area (Å²) >= 11 is 0. The first-order valence-corrected chi connectivity index (χ1v) is 5.83. The predicted molar refractivity (Wildman–Crippen MR) is 58.1 cm³/mol. The Morgan fingerprint density at radius 2 is 2.07 bits per heavy atom. The summed E-state index contributed by atoms with van der Waals surface area (Å²) in [6, 6.07) is 0.133. The van der Waals surface area contributed by atoms with Gasteiger partial charge in [0.1, 0.15) is 0 Å². The van der Waals surface area contributed by atoms with Crippen LogP contribution in [0.4, 0.5) is 4.79 Å². The fourth-order valence-corrected chi connectivity index (χ4v) is 1.94. The first-order chi connectivity index (χ1) is 7.22. The van der Waals surface area contributed by atoms with Crippen LogP contribution in [0.25, 0.3) is 0 Å². The summed E-state index contributed by atoms with van der Waals surface area (Å²) in [7, 11) is 0. The van der Waals surface area contributed by atoms with E-state index in [4.69, 9.17) is 9.84 Å². The molecule has 1 fully saturated rings. The SMILES string of the molecule is CCCCO[C@H]1CC[C@H](NC(=O)O)CC1. The van der Waals surface area contributed by atoms with Crippen LogP contribution < -0.4 is 5.32 Å². The number of rotatable bonds is 5. The number of carbonyl (C=O) groups is 1. The topological polar surface area (TPSA) is 58.6 Å². The molecule has 15 heavy (non-hydrogen) atoms. The Kier molecular flexibility index (Phi) is 5.47. The quantitative estimate of drug-likeness (QED) is 0.692. The van der Waals surface area contributed by atoms with Crippen molar-refractivity contribution in [2.24, 2.45) is 0 Å². The molecule has 2 N–H and O–H groups in total. The molecule has 0 saturated heterocycles. The first-order valence-electron chi connectivity index (χ1n) is 5.83. The molecule has 0 heterocycles. The highest BCUT2D eigenvalue weighted by Crippen LogP contribution is 2.21. The van der Waals surface area contributed by atoms with Crippen molar-refractivity contribution in [3.63, 3.8) is 0 Å². The van der Waals surface area contributed by atoms with E-state index in [1.54, 1.807) is 0 Å². The summed E-state index contributed by atoms with van der Waals surface area (Å²) in [5.41, 5.74) is 0. The molecule has 1 saturated carbocycles. The van der Waals surface area contributed by atoms with Gasteiger partial charge in [-0.15, -0.1) is 0 Å². The van der Waals surface area contributed by atoms with Crippen molar-refractivity contribution in [2.45, 2.75) is 57.6 Å². The average Bonchev–Trinajstić information content (AvgIpc) is 2.20. The molecular formula is C11H21NO3. The molecule has 0 atom stereocenters. The Hall–Kier alpha value is -0.770. The van der Waals surface area contributed by atoms with Gasteiger partial charge in [0.05, 0.1) is 6.10 Å². The summed E-state index contributed by atoms with van der Waals surface area (Å²) in [4.78, 5) is 10.4. The number of nitrogens with one attached hydrogen (secondary N) is 1. The Morgan fingerprint density at radius 3 is 2.60 bits per heavy atom. The van der Waals surface area contributed by atoms with Gasteiger partial charge in [-0.2, -0.15) is 0 Å². The van der Waals surface area contributed by atoms with Gasteiger partial charge in [-0.25, -0.2) is 4.79 Å². The predicted octanol–water partition coefficient (Wildman–Crippen LogP) is 2.38. The summed E-state index contributed by atoms with van der Waals surface area (Å²) < 4.78 is 5.70. The van der Waals surface area contributed by atoms with Crippen LogP contribution in [0.2, 0.25) is 0 Å². The van der Waals surface area contributed by atoms with E-state index in [9.17, 15) is 4.79 Å². The number of unbranched alkanes of at least 4 members (excludes halogenated alkanes) is 1. The molecule has 0 bridgehead atoms. The summed E-state index contributed by atoms with van der Waals surface area (Å²) in [6.07, 6.45) is 5.49. The Morgan fingerprint density at radius 1 is 1.40 bits per heavy atom. The maximum absolute atomic E-state index is 10.4. The summed E-state index contributed by atoms with van der Waals surface area (Å²) in [6.45, 7) is 3.00. The van der Waals surface area contributed by atoms with Crippen LogP contribution in [0, 0.1) is 0 Å². The van der Waals surface area contributed by atoms with Crippen LogP contribution in [-0.2, 0) is 4.74 Å². The van der Waals surface area contributed by atoms with Crippen molar-refractivity contribution in [1.82, 2.24) is 5.32 Å². The zero-order valence-electron chi connectivity index (χ0n) is 9.37. The smallest absolute Gasteiger partial charge is 0.404 e. The Bertz CT molecular complexity index is 188. The number of hydrogen-bond donors (Lipinski definition) is 2. The summed E-state index contributed by atoms with van der Waals surface area (Å²) in [5.74, 6) is 0. The molecule has 1 rings (SSSR count). The lowest BCUT2D eigenvalue weighted by molar-refractivity contribution is 0.0212. The molecule has 1 aliphatic carbocycles. The maximum Gasteiger partial charge on any atom is 0.404 e. The van der Waals surface area contributed by atoms with Crippen molar-refractivity contribution in [1.29, 1.82) is 0 Å². The third-order valence-electron chi connectivity index (χ3n) is 2.85. The molecule has 4 nitrogen and oxygen atoms in total. The second kappa shape index (κ2) is 6.67. The normalized spacial score (nSPS) is 26.2. The highest BCUT2D eigenvalue weighted by atomic mass is 16.5. The zero-order valence-corrected chi connectivity index (χ0v) is 9.37. The molecule has 0 aromatic heterocycles. The van der Waals surface area contributed by atoms with E-state index in [0.29, 0.717) is 6.10 Å². The fraction of sp³-hybridized carbons (Fsp3) is 0.909.